The zero-order valence-electron chi connectivity index (χ0n) is 13.5. The first-order valence-electron chi connectivity index (χ1n) is 7.96. The quantitative estimate of drug-likeness (QED) is 0.941. The van der Waals surface area contributed by atoms with Crippen LogP contribution in [0.25, 0.3) is 0 Å². The number of fused-ring (bicyclic) bond motifs is 1. The minimum atomic E-state index is 0.0495. The summed E-state index contributed by atoms with van der Waals surface area (Å²) in [4.78, 5) is 14.7. The maximum Gasteiger partial charge on any atom is 0.261 e. The molecule has 2 heterocycles. The van der Waals surface area contributed by atoms with Gasteiger partial charge in [-0.15, -0.1) is 11.3 Å². The molecular weight excluding hydrogens is 294 g/mol. The van der Waals surface area contributed by atoms with Crippen LogP contribution in [0.5, 0.6) is 0 Å². The van der Waals surface area contributed by atoms with Crippen LogP contribution in [-0.4, -0.2) is 21.7 Å². The fourth-order valence-corrected chi connectivity index (χ4v) is 4.22. The number of carbonyl (C=O) groups is 1. The molecule has 0 aromatic carbocycles. The lowest BCUT2D eigenvalue weighted by Gasteiger charge is -2.14. The Morgan fingerprint density at radius 1 is 1.36 bits per heavy atom. The van der Waals surface area contributed by atoms with Crippen LogP contribution in [0.3, 0.4) is 0 Å². The Morgan fingerprint density at radius 3 is 2.82 bits per heavy atom. The smallest absolute Gasteiger partial charge is 0.261 e. The van der Waals surface area contributed by atoms with Crippen LogP contribution in [0.4, 0.5) is 0 Å². The van der Waals surface area contributed by atoms with Gasteiger partial charge in [0, 0.05) is 16.6 Å². The lowest BCUT2D eigenvalue weighted by atomic mass is 9.99. The third-order valence-corrected chi connectivity index (χ3v) is 5.38. The molecule has 3 rings (SSSR count). The molecule has 2 aromatic heterocycles. The molecule has 1 amide bonds. The molecule has 22 heavy (non-hydrogen) atoms. The fraction of sp³-hybridized carbons (Fsp3) is 0.529. The highest BCUT2D eigenvalue weighted by molar-refractivity contribution is 7.14. The minimum Gasteiger partial charge on any atom is -0.347 e. The Labute approximate surface area is 135 Å². The Kier molecular flexibility index (Phi) is 4.34. The van der Waals surface area contributed by atoms with Gasteiger partial charge in [-0.05, 0) is 64.2 Å². The SMILES string of the molecule is Cc1cc(C)n(C[C@@H](C)NC(=O)c2cc3c(s2)CCCC3)n1. The summed E-state index contributed by atoms with van der Waals surface area (Å²) >= 11 is 1.66. The van der Waals surface area contributed by atoms with Crippen LogP contribution in [0, 0.1) is 13.8 Å². The maximum absolute atomic E-state index is 12.4. The van der Waals surface area contributed by atoms with Crippen LogP contribution < -0.4 is 5.32 Å². The number of thiophene rings is 1. The number of carbonyl (C=O) groups excluding carboxylic acids is 1. The summed E-state index contributed by atoms with van der Waals surface area (Å²) in [5.74, 6) is 0.0495. The van der Waals surface area contributed by atoms with Crippen molar-refractivity contribution < 1.29 is 4.79 Å². The average Bonchev–Trinajstić information content (AvgIpc) is 3.02. The highest BCUT2D eigenvalue weighted by Gasteiger charge is 2.18. The van der Waals surface area contributed by atoms with Crippen molar-refractivity contribution in [1.29, 1.82) is 0 Å². The average molecular weight is 317 g/mol. The van der Waals surface area contributed by atoms with Gasteiger partial charge in [-0.1, -0.05) is 0 Å². The standard InChI is InChI=1S/C17H23N3OS/c1-11-8-13(3)20(19-11)10-12(2)18-17(21)16-9-14-6-4-5-7-15(14)22-16/h8-9,12H,4-7,10H2,1-3H3,(H,18,21)/t12-/m1/s1. The molecule has 1 atom stereocenters. The summed E-state index contributed by atoms with van der Waals surface area (Å²) in [5.41, 5.74) is 3.53. The normalized spacial score (nSPS) is 15.4. The van der Waals surface area contributed by atoms with E-state index in [1.165, 1.54) is 23.3 Å². The number of nitrogens with one attached hydrogen (secondary N) is 1. The highest BCUT2D eigenvalue weighted by atomic mass is 32.1. The van der Waals surface area contributed by atoms with Crippen LogP contribution in [0.2, 0.25) is 0 Å². The van der Waals surface area contributed by atoms with Crippen LogP contribution in [0.15, 0.2) is 12.1 Å². The topological polar surface area (TPSA) is 46.9 Å². The second kappa shape index (κ2) is 6.24. The minimum absolute atomic E-state index is 0.0495. The molecule has 1 aliphatic rings. The van der Waals surface area contributed by atoms with E-state index in [-0.39, 0.29) is 11.9 Å². The molecule has 5 heteroatoms. The number of hydrogen-bond acceptors (Lipinski definition) is 3. The molecule has 0 radical (unpaired) electrons. The van der Waals surface area contributed by atoms with Crippen molar-refractivity contribution in [2.75, 3.05) is 0 Å². The van der Waals surface area contributed by atoms with Crippen molar-refractivity contribution in [3.05, 3.63) is 38.8 Å². The summed E-state index contributed by atoms with van der Waals surface area (Å²) in [6, 6.07) is 4.21. The Bertz CT molecular complexity index is 663. The van der Waals surface area contributed by atoms with Gasteiger partial charge in [0.25, 0.3) is 5.91 Å². The van der Waals surface area contributed by atoms with Crippen molar-refractivity contribution in [1.82, 2.24) is 15.1 Å². The molecule has 1 aliphatic carbocycles. The van der Waals surface area contributed by atoms with Gasteiger partial charge in [0.05, 0.1) is 17.1 Å². The van der Waals surface area contributed by atoms with Gasteiger partial charge in [0.2, 0.25) is 0 Å². The second-order valence-corrected chi connectivity index (χ2v) is 7.39. The van der Waals surface area contributed by atoms with Gasteiger partial charge < -0.3 is 5.32 Å². The molecule has 1 N–H and O–H groups in total. The molecule has 0 fully saturated rings. The first-order valence-corrected chi connectivity index (χ1v) is 8.78. The van der Waals surface area contributed by atoms with Gasteiger partial charge in [-0.3, -0.25) is 9.48 Å². The molecule has 118 valence electrons. The molecule has 2 aromatic rings. The number of amides is 1. The van der Waals surface area contributed by atoms with E-state index in [4.69, 9.17) is 0 Å². The second-order valence-electron chi connectivity index (χ2n) is 6.25. The van der Waals surface area contributed by atoms with E-state index in [1.54, 1.807) is 11.3 Å². The monoisotopic (exact) mass is 317 g/mol. The Hall–Kier alpha value is -1.62. The summed E-state index contributed by atoms with van der Waals surface area (Å²) in [7, 11) is 0. The van der Waals surface area contributed by atoms with Gasteiger partial charge in [-0.25, -0.2) is 0 Å². The summed E-state index contributed by atoms with van der Waals surface area (Å²) in [6.07, 6.45) is 4.76. The van der Waals surface area contributed by atoms with E-state index in [2.05, 4.69) is 22.5 Å². The zero-order valence-corrected chi connectivity index (χ0v) is 14.3. The fourth-order valence-electron chi connectivity index (χ4n) is 3.06. The third kappa shape index (κ3) is 3.24. The van der Waals surface area contributed by atoms with E-state index in [0.717, 1.165) is 29.1 Å². The summed E-state index contributed by atoms with van der Waals surface area (Å²) < 4.78 is 1.96. The lowest BCUT2D eigenvalue weighted by Crippen LogP contribution is -2.35. The van der Waals surface area contributed by atoms with E-state index in [0.29, 0.717) is 6.54 Å². The van der Waals surface area contributed by atoms with Crippen molar-refractivity contribution in [2.45, 2.75) is 59.0 Å². The van der Waals surface area contributed by atoms with Crippen molar-refractivity contribution in [3.8, 4) is 0 Å². The van der Waals surface area contributed by atoms with Crippen LogP contribution in [-0.2, 0) is 19.4 Å². The number of aromatic nitrogens is 2. The summed E-state index contributed by atoms with van der Waals surface area (Å²) in [6.45, 7) is 6.77. The lowest BCUT2D eigenvalue weighted by molar-refractivity contribution is 0.0940. The third-order valence-electron chi connectivity index (χ3n) is 4.15. The van der Waals surface area contributed by atoms with Crippen LogP contribution >= 0.6 is 11.3 Å². The highest BCUT2D eigenvalue weighted by Crippen LogP contribution is 2.29. The number of aryl methyl sites for hydroxylation is 4. The predicted molar refractivity (Wildman–Crippen MR) is 89.6 cm³/mol. The Balaban J connectivity index is 1.63. The predicted octanol–water partition coefficient (Wildman–Crippen LogP) is 3.26. The van der Waals surface area contributed by atoms with E-state index in [9.17, 15) is 4.79 Å². The largest absolute Gasteiger partial charge is 0.347 e. The molecule has 0 bridgehead atoms. The van der Waals surface area contributed by atoms with Gasteiger partial charge in [0.15, 0.2) is 0 Å². The van der Waals surface area contributed by atoms with Gasteiger partial charge >= 0.3 is 0 Å². The van der Waals surface area contributed by atoms with Crippen molar-refractivity contribution in [2.24, 2.45) is 0 Å². The summed E-state index contributed by atoms with van der Waals surface area (Å²) in [5, 5.41) is 7.55. The molecule has 0 saturated heterocycles. The van der Waals surface area contributed by atoms with E-state index in [1.807, 2.05) is 25.5 Å². The van der Waals surface area contributed by atoms with E-state index >= 15 is 0 Å². The van der Waals surface area contributed by atoms with Crippen molar-refractivity contribution >= 4 is 17.2 Å². The van der Waals surface area contributed by atoms with Crippen molar-refractivity contribution in [3.63, 3.8) is 0 Å². The first-order chi connectivity index (χ1) is 10.5. The molecule has 0 spiro atoms. The van der Waals surface area contributed by atoms with Gasteiger partial charge in [0.1, 0.15) is 0 Å². The number of rotatable bonds is 4. The molecule has 0 unspecified atom stereocenters. The molecule has 0 saturated carbocycles. The van der Waals surface area contributed by atoms with Gasteiger partial charge in [-0.2, -0.15) is 5.10 Å². The number of nitrogens with zero attached hydrogens (tertiary/aromatic N) is 2. The molecular formula is C17H23N3OS. The number of hydrogen-bond donors (Lipinski definition) is 1. The van der Waals surface area contributed by atoms with Crippen LogP contribution in [0.1, 0.15) is 51.3 Å². The maximum atomic E-state index is 12.4. The molecule has 0 aliphatic heterocycles. The van der Waals surface area contributed by atoms with E-state index < -0.39 is 0 Å². The zero-order chi connectivity index (χ0) is 15.7. The molecule has 4 nitrogen and oxygen atoms in total. The first kappa shape index (κ1) is 15.3. The Morgan fingerprint density at radius 2 is 2.14 bits per heavy atom.